The molecule has 1 saturated heterocycles. The fourth-order valence-corrected chi connectivity index (χ4v) is 2.39. The number of hydrogen-bond donors (Lipinski definition) is 1. The maximum atomic E-state index is 12.2. The van der Waals surface area contributed by atoms with Crippen LogP contribution in [0.15, 0.2) is 42.7 Å². The average molecular weight is 301 g/mol. The number of aromatic nitrogens is 2. The SMILES string of the molecule is C[C@H](NC(=O)[C@@H]1COCCO1)c1cccc(-n2cccn2)c1. The molecule has 0 spiro atoms. The van der Waals surface area contributed by atoms with Gasteiger partial charge in [-0.2, -0.15) is 5.10 Å². The Morgan fingerprint density at radius 2 is 2.32 bits per heavy atom. The third-order valence-corrected chi connectivity index (χ3v) is 3.61. The second kappa shape index (κ2) is 6.72. The molecule has 0 unspecified atom stereocenters. The van der Waals surface area contributed by atoms with Gasteiger partial charge in [0, 0.05) is 12.4 Å². The van der Waals surface area contributed by atoms with Crippen LogP contribution in [-0.4, -0.2) is 41.6 Å². The molecule has 1 aliphatic rings. The van der Waals surface area contributed by atoms with E-state index in [0.717, 1.165) is 11.3 Å². The number of ether oxygens (including phenoxy) is 2. The number of rotatable bonds is 4. The Morgan fingerprint density at radius 1 is 1.41 bits per heavy atom. The molecule has 116 valence electrons. The summed E-state index contributed by atoms with van der Waals surface area (Å²) in [7, 11) is 0. The van der Waals surface area contributed by atoms with Crippen molar-refractivity contribution >= 4 is 5.91 Å². The second-order valence-electron chi connectivity index (χ2n) is 5.21. The van der Waals surface area contributed by atoms with Crippen LogP contribution < -0.4 is 5.32 Å². The zero-order valence-electron chi connectivity index (χ0n) is 12.4. The van der Waals surface area contributed by atoms with Crippen molar-refractivity contribution < 1.29 is 14.3 Å². The molecule has 1 aromatic carbocycles. The van der Waals surface area contributed by atoms with Crippen molar-refractivity contribution in [1.29, 1.82) is 0 Å². The smallest absolute Gasteiger partial charge is 0.252 e. The van der Waals surface area contributed by atoms with Gasteiger partial charge in [0.05, 0.1) is 31.5 Å². The standard InChI is InChI=1S/C16H19N3O3/c1-12(18-16(20)15-11-21-8-9-22-15)13-4-2-5-14(10-13)19-7-3-6-17-19/h2-7,10,12,15H,8-9,11H2,1H3,(H,18,20)/t12-,15-/m0/s1. The highest BCUT2D eigenvalue weighted by Gasteiger charge is 2.24. The largest absolute Gasteiger partial charge is 0.376 e. The molecule has 3 rings (SSSR count). The Hall–Kier alpha value is -2.18. The molecule has 6 nitrogen and oxygen atoms in total. The van der Waals surface area contributed by atoms with Crippen LogP contribution in [-0.2, 0) is 14.3 Å². The van der Waals surface area contributed by atoms with Gasteiger partial charge >= 0.3 is 0 Å². The van der Waals surface area contributed by atoms with Crippen LogP contribution in [0.5, 0.6) is 0 Å². The summed E-state index contributed by atoms with van der Waals surface area (Å²) < 4.78 is 12.5. The summed E-state index contributed by atoms with van der Waals surface area (Å²) in [6.07, 6.45) is 3.10. The number of hydrogen-bond acceptors (Lipinski definition) is 4. The van der Waals surface area contributed by atoms with Crippen molar-refractivity contribution in [2.24, 2.45) is 0 Å². The number of nitrogens with one attached hydrogen (secondary N) is 1. The van der Waals surface area contributed by atoms with E-state index in [1.54, 1.807) is 10.9 Å². The molecule has 1 amide bonds. The molecule has 1 aliphatic heterocycles. The van der Waals surface area contributed by atoms with Gasteiger partial charge in [0.2, 0.25) is 0 Å². The summed E-state index contributed by atoms with van der Waals surface area (Å²) in [6.45, 7) is 3.27. The van der Waals surface area contributed by atoms with E-state index >= 15 is 0 Å². The van der Waals surface area contributed by atoms with Crippen LogP contribution >= 0.6 is 0 Å². The lowest BCUT2D eigenvalue weighted by Gasteiger charge is -2.24. The van der Waals surface area contributed by atoms with Crippen LogP contribution in [0.3, 0.4) is 0 Å². The quantitative estimate of drug-likeness (QED) is 0.928. The van der Waals surface area contributed by atoms with Gasteiger partial charge in [0.1, 0.15) is 0 Å². The number of amides is 1. The molecule has 2 atom stereocenters. The predicted octanol–water partition coefficient (Wildman–Crippen LogP) is 1.46. The maximum absolute atomic E-state index is 12.2. The van der Waals surface area contributed by atoms with Gasteiger partial charge in [-0.1, -0.05) is 12.1 Å². The van der Waals surface area contributed by atoms with Gasteiger partial charge in [-0.15, -0.1) is 0 Å². The lowest BCUT2D eigenvalue weighted by atomic mass is 10.1. The van der Waals surface area contributed by atoms with Gasteiger partial charge in [-0.25, -0.2) is 4.68 Å². The van der Waals surface area contributed by atoms with Crippen molar-refractivity contribution in [3.63, 3.8) is 0 Å². The molecule has 0 bridgehead atoms. The van der Waals surface area contributed by atoms with Crippen LogP contribution in [0.1, 0.15) is 18.5 Å². The summed E-state index contributed by atoms with van der Waals surface area (Å²) in [6, 6.07) is 9.68. The Bertz CT molecular complexity index is 621. The molecule has 0 radical (unpaired) electrons. The summed E-state index contributed by atoms with van der Waals surface area (Å²) >= 11 is 0. The molecule has 0 aliphatic carbocycles. The molecule has 1 N–H and O–H groups in total. The summed E-state index contributed by atoms with van der Waals surface area (Å²) in [5.41, 5.74) is 1.97. The fraction of sp³-hybridized carbons (Fsp3) is 0.375. The topological polar surface area (TPSA) is 65.4 Å². The van der Waals surface area contributed by atoms with Gasteiger partial charge in [0.25, 0.3) is 5.91 Å². The molecule has 1 aromatic heterocycles. The van der Waals surface area contributed by atoms with Crippen LogP contribution in [0.25, 0.3) is 5.69 Å². The van der Waals surface area contributed by atoms with Crippen LogP contribution in [0.4, 0.5) is 0 Å². The molecular formula is C16H19N3O3. The van der Waals surface area contributed by atoms with Gasteiger partial charge in [-0.3, -0.25) is 4.79 Å². The zero-order valence-corrected chi connectivity index (χ0v) is 12.4. The van der Waals surface area contributed by atoms with Crippen molar-refractivity contribution in [2.45, 2.75) is 19.1 Å². The molecule has 2 aromatic rings. The minimum atomic E-state index is -0.523. The molecule has 0 saturated carbocycles. The maximum Gasteiger partial charge on any atom is 0.252 e. The summed E-state index contributed by atoms with van der Waals surface area (Å²) in [4.78, 5) is 12.2. The number of carbonyl (C=O) groups is 1. The van der Waals surface area contributed by atoms with Gasteiger partial charge < -0.3 is 14.8 Å². The minimum Gasteiger partial charge on any atom is -0.376 e. The second-order valence-corrected chi connectivity index (χ2v) is 5.21. The first kappa shape index (κ1) is 14.7. The van der Waals surface area contributed by atoms with E-state index in [0.29, 0.717) is 19.8 Å². The minimum absolute atomic E-state index is 0.117. The highest BCUT2D eigenvalue weighted by molar-refractivity contribution is 5.81. The van der Waals surface area contributed by atoms with Crippen molar-refractivity contribution in [1.82, 2.24) is 15.1 Å². The highest BCUT2D eigenvalue weighted by atomic mass is 16.6. The molecule has 22 heavy (non-hydrogen) atoms. The van der Waals surface area contributed by atoms with E-state index in [2.05, 4.69) is 10.4 Å². The lowest BCUT2D eigenvalue weighted by Crippen LogP contribution is -2.43. The van der Waals surface area contributed by atoms with Crippen LogP contribution in [0.2, 0.25) is 0 Å². The molecule has 2 heterocycles. The monoisotopic (exact) mass is 301 g/mol. The molecule has 1 fully saturated rings. The van der Waals surface area contributed by atoms with E-state index < -0.39 is 6.10 Å². The normalized spacial score (nSPS) is 19.6. The van der Waals surface area contributed by atoms with E-state index in [1.807, 2.05) is 43.5 Å². The third-order valence-electron chi connectivity index (χ3n) is 3.61. The van der Waals surface area contributed by atoms with Crippen LogP contribution in [0, 0.1) is 0 Å². The molecule has 6 heteroatoms. The van der Waals surface area contributed by atoms with E-state index in [-0.39, 0.29) is 11.9 Å². The van der Waals surface area contributed by atoms with Gasteiger partial charge in [0.15, 0.2) is 6.10 Å². The van der Waals surface area contributed by atoms with Crippen molar-refractivity contribution in [3.8, 4) is 5.69 Å². The Kier molecular flexibility index (Phi) is 4.50. The zero-order chi connectivity index (χ0) is 15.4. The predicted molar refractivity (Wildman–Crippen MR) is 80.7 cm³/mol. The summed E-state index contributed by atoms with van der Waals surface area (Å²) in [5, 5.41) is 7.18. The third kappa shape index (κ3) is 3.35. The summed E-state index contributed by atoms with van der Waals surface area (Å²) in [5.74, 6) is -0.142. The van der Waals surface area contributed by atoms with E-state index in [9.17, 15) is 4.79 Å². The Morgan fingerprint density at radius 3 is 3.05 bits per heavy atom. The van der Waals surface area contributed by atoms with Crippen molar-refractivity contribution in [3.05, 3.63) is 48.3 Å². The number of benzene rings is 1. The first-order valence-corrected chi connectivity index (χ1v) is 7.34. The lowest BCUT2D eigenvalue weighted by molar-refractivity contribution is -0.148. The number of carbonyl (C=O) groups excluding carboxylic acids is 1. The Balaban J connectivity index is 1.68. The first-order valence-electron chi connectivity index (χ1n) is 7.34. The van der Waals surface area contributed by atoms with Gasteiger partial charge in [-0.05, 0) is 30.7 Å². The van der Waals surface area contributed by atoms with E-state index in [1.165, 1.54) is 0 Å². The fourth-order valence-electron chi connectivity index (χ4n) is 2.39. The average Bonchev–Trinajstić information content (AvgIpc) is 3.10. The molecular weight excluding hydrogens is 282 g/mol. The highest BCUT2D eigenvalue weighted by Crippen LogP contribution is 2.17. The van der Waals surface area contributed by atoms with E-state index in [4.69, 9.17) is 9.47 Å². The Labute approximate surface area is 129 Å². The number of nitrogens with zero attached hydrogens (tertiary/aromatic N) is 2. The van der Waals surface area contributed by atoms with Crippen molar-refractivity contribution in [2.75, 3.05) is 19.8 Å². The first-order chi connectivity index (χ1) is 10.7.